The lowest BCUT2D eigenvalue weighted by molar-refractivity contribution is 0.286. The van der Waals surface area contributed by atoms with Crippen LogP contribution in [-0.4, -0.2) is 12.6 Å². The van der Waals surface area contributed by atoms with Crippen molar-refractivity contribution >= 4 is 0 Å². The first-order valence-electron chi connectivity index (χ1n) is 6.34. The molecule has 0 aromatic heterocycles. The first-order chi connectivity index (χ1) is 6.92. The summed E-state index contributed by atoms with van der Waals surface area (Å²) in [5, 5.41) is 3.64. The van der Waals surface area contributed by atoms with Crippen LogP contribution in [0, 0.1) is 5.92 Å². The molecule has 82 valence electrons. The van der Waals surface area contributed by atoms with Gasteiger partial charge in [-0.3, -0.25) is 0 Å². The largest absolute Gasteiger partial charge is 0.313 e. The summed E-state index contributed by atoms with van der Waals surface area (Å²) >= 11 is 0. The molecule has 1 heteroatoms. The van der Waals surface area contributed by atoms with Gasteiger partial charge in [-0.2, -0.15) is 0 Å². The Kier molecular flexibility index (Phi) is 5.24. The van der Waals surface area contributed by atoms with Crippen LogP contribution in [0.2, 0.25) is 0 Å². The molecule has 1 N–H and O–H groups in total. The van der Waals surface area contributed by atoms with Crippen molar-refractivity contribution in [3.05, 3.63) is 11.6 Å². The molecule has 0 saturated carbocycles. The second-order valence-corrected chi connectivity index (χ2v) is 4.02. The fourth-order valence-electron chi connectivity index (χ4n) is 2.71. The molecular weight excluding hydrogens is 170 g/mol. The standard InChI is InChI=1S/C11H19N.C2H6/c1-2-9-5-3-7-11-10(9)6-4-8-12-11;1-2/h5,10-12H,2-4,6-8H2,1H3;1-2H3. The number of allylic oxidation sites excluding steroid dienone is 1. The van der Waals surface area contributed by atoms with Gasteiger partial charge in [0, 0.05) is 6.04 Å². The zero-order valence-corrected chi connectivity index (χ0v) is 9.97. The van der Waals surface area contributed by atoms with Gasteiger partial charge < -0.3 is 5.32 Å². The average Bonchev–Trinajstić information content (AvgIpc) is 2.31. The quantitative estimate of drug-likeness (QED) is 0.631. The topological polar surface area (TPSA) is 12.0 Å². The normalized spacial score (nSPS) is 30.9. The van der Waals surface area contributed by atoms with Crippen molar-refractivity contribution in [2.75, 3.05) is 6.54 Å². The molecule has 1 nitrogen and oxygen atoms in total. The highest BCUT2D eigenvalue weighted by atomic mass is 14.9. The summed E-state index contributed by atoms with van der Waals surface area (Å²) in [6.07, 6.45) is 9.22. The van der Waals surface area contributed by atoms with E-state index in [-0.39, 0.29) is 0 Å². The van der Waals surface area contributed by atoms with E-state index in [9.17, 15) is 0 Å². The molecule has 1 aliphatic carbocycles. The highest BCUT2D eigenvalue weighted by Crippen LogP contribution is 2.32. The van der Waals surface area contributed by atoms with Crippen LogP contribution in [0.1, 0.15) is 52.9 Å². The Hall–Kier alpha value is -0.300. The summed E-state index contributed by atoms with van der Waals surface area (Å²) < 4.78 is 0. The molecule has 0 aromatic carbocycles. The average molecular weight is 195 g/mol. The number of hydrogen-bond donors (Lipinski definition) is 1. The van der Waals surface area contributed by atoms with Crippen molar-refractivity contribution in [3.63, 3.8) is 0 Å². The highest BCUT2D eigenvalue weighted by molar-refractivity contribution is 5.14. The van der Waals surface area contributed by atoms with Crippen LogP contribution >= 0.6 is 0 Å². The van der Waals surface area contributed by atoms with E-state index in [1.54, 1.807) is 5.57 Å². The molecule has 1 heterocycles. The molecule has 0 amide bonds. The predicted molar refractivity (Wildman–Crippen MR) is 63.5 cm³/mol. The summed E-state index contributed by atoms with van der Waals surface area (Å²) in [7, 11) is 0. The molecule has 0 radical (unpaired) electrons. The maximum atomic E-state index is 3.64. The Balaban J connectivity index is 0.000000461. The Morgan fingerprint density at radius 1 is 1.36 bits per heavy atom. The van der Waals surface area contributed by atoms with Crippen molar-refractivity contribution in [2.45, 2.75) is 58.9 Å². The number of fused-ring (bicyclic) bond motifs is 1. The van der Waals surface area contributed by atoms with Crippen LogP contribution in [0.4, 0.5) is 0 Å². The minimum atomic E-state index is 0.818. The Bertz CT molecular complexity index is 184. The fourth-order valence-corrected chi connectivity index (χ4v) is 2.71. The van der Waals surface area contributed by atoms with E-state index < -0.39 is 0 Å². The van der Waals surface area contributed by atoms with Crippen molar-refractivity contribution < 1.29 is 0 Å². The van der Waals surface area contributed by atoms with Crippen LogP contribution in [0.25, 0.3) is 0 Å². The fraction of sp³-hybridized carbons (Fsp3) is 0.846. The van der Waals surface area contributed by atoms with Crippen LogP contribution in [0.3, 0.4) is 0 Å². The first-order valence-corrected chi connectivity index (χ1v) is 6.34. The van der Waals surface area contributed by atoms with Crippen LogP contribution in [0.5, 0.6) is 0 Å². The van der Waals surface area contributed by atoms with E-state index in [1.807, 2.05) is 13.8 Å². The molecule has 2 rings (SSSR count). The van der Waals surface area contributed by atoms with Gasteiger partial charge in [0.1, 0.15) is 0 Å². The summed E-state index contributed by atoms with van der Waals surface area (Å²) in [4.78, 5) is 0. The summed E-state index contributed by atoms with van der Waals surface area (Å²) in [6.45, 7) is 7.54. The maximum Gasteiger partial charge on any atom is 0.0135 e. The molecule has 2 atom stereocenters. The molecule has 1 aliphatic heterocycles. The van der Waals surface area contributed by atoms with Gasteiger partial charge in [-0.05, 0) is 44.6 Å². The molecule has 2 unspecified atom stereocenters. The van der Waals surface area contributed by atoms with Gasteiger partial charge in [0.2, 0.25) is 0 Å². The van der Waals surface area contributed by atoms with Crippen molar-refractivity contribution in [1.82, 2.24) is 5.32 Å². The molecule has 0 aromatic rings. The maximum absolute atomic E-state index is 3.64. The number of hydrogen-bond acceptors (Lipinski definition) is 1. The zero-order valence-electron chi connectivity index (χ0n) is 9.97. The van der Waals surface area contributed by atoms with Gasteiger partial charge in [0.05, 0.1) is 0 Å². The van der Waals surface area contributed by atoms with E-state index in [1.165, 1.54) is 38.6 Å². The van der Waals surface area contributed by atoms with Gasteiger partial charge >= 0.3 is 0 Å². The van der Waals surface area contributed by atoms with E-state index >= 15 is 0 Å². The van der Waals surface area contributed by atoms with E-state index in [4.69, 9.17) is 0 Å². The number of nitrogens with one attached hydrogen (secondary N) is 1. The van der Waals surface area contributed by atoms with E-state index in [0.717, 1.165) is 12.0 Å². The van der Waals surface area contributed by atoms with Crippen molar-refractivity contribution in [3.8, 4) is 0 Å². The lowest BCUT2D eigenvalue weighted by atomic mass is 9.77. The molecule has 1 saturated heterocycles. The lowest BCUT2D eigenvalue weighted by Crippen LogP contribution is -2.43. The second-order valence-electron chi connectivity index (χ2n) is 4.02. The van der Waals surface area contributed by atoms with Crippen LogP contribution in [-0.2, 0) is 0 Å². The number of rotatable bonds is 1. The third-order valence-corrected chi connectivity index (χ3v) is 3.35. The third kappa shape index (κ3) is 2.60. The van der Waals surface area contributed by atoms with Gasteiger partial charge in [0.25, 0.3) is 0 Å². The minimum Gasteiger partial charge on any atom is -0.313 e. The Morgan fingerprint density at radius 2 is 2.14 bits per heavy atom. The highest BCUT2D eigenvalue weighted by Gasteiger charge is 2.28. The van der Waals surface area contributed by atoms with E-state index in [0.29, 0.717) is 0 Å². The van der Waals surface area contributed by atoms with Crippen molar-refractivity contribution in [2.24, 2.45) is 5.92 Å². The SMILES string of the molecule is CC.CCC1=CCCC2NCCCC12. The molecule has 0 spiro atoms. The van der Waals surface area contributed by atoms with Gasteiger partial charge in [-0.25, -0.2) is 0 Å². The first kappa shape index (κ1) is 11.8. The summed E-state index contributed by atoms with van der Waals surface area (Å²) in [6, 6.07) is 0.818. The van der Waals surface area contributed by atoms with Gasteiger partial charge in [-0.15, -0.1) is 0 Å². The third-order valence-electron chi connectivity index (χ3n) is 3.35. The Morgan fingerprint density at radius 3 is 2.86 bits per heavy atom. The molecule has 14 heavy (non-hydrogen) atoms. The molecular formula is C13H25N. The van der Waals surface area contributed by atoms with Gasteiger partial charge in [-0.1, -0.05) is 32.4 Å². The minimum absolute atomic E-state index is 0.818. The Labute approximate surface area is 89.0 Å². The molecule has 0 bridgehead atoms. The molecule has 2 aliphatic rings. The zero-order chi connectivity index (χ0) is 10.4. The smallest absolute Gasteiger partial charge is 0.0135 e. The summed E-state index contributed by atoms with van der Waals surface area (Å²) in [5.41, 5.74) is 1.72. The second kappa shape index (κ2) is 6.23. The molecule has 1 fully saturated rings. The van der Waals surface area contributed by atoms with Gasteiger partial charge in [0.15, 0.2) is 0 Å². The summed E-state index contributed by atoms with van der Waals surface area (Å²) in [5.74, 6) is 0.887. The van der Waals surface area contributed by atoms with Crippen LogP contribution in [0.15, 0.2) is 11.6 Å². The van der Waals surface area contributed by atoms with Crippen molar-refractivity contribution in [1.29, 1.82) is 0 Å². The van der Waals surface area contributed by atoms with E-state index in [2.05, 4.69) is 18.3 Å². The predicted octanol–water partition coefficient (Wildman–Crippen LogP) is 3.51. The monoisotopic (exact) mass is 195 g/mol. The number of piperidine rings is 1. The lowest BCUT2D eigenvalue weighted by Gasteiger charge is -2.37. The van der Waals surface area contributed by atoms with Crippen LogP contribution < -0.4 is 5.32 Å².